The van der Waals surface area contributed by atoms with Crippen molar-refractivity contribution in [3.8, 4) is 0 Å². The first kappa shape index (κ1) is 22.2. The van der Waals surface area contributed by atoms with Crippen LogP contribution in [0.5, 0.6) is 0 Å². The highest BCUT2D eigenvalue weighted by molar-refractivity contribution is 5.79. The number of hydrogen-bond acceptors (Lipinski definition) is 4. The molecule has 28 heavy (non-hydrogen) atoms. The number of carbonyl (C=O) groups is 1. The summed E-state index contributed by atoms with van der Waals surface area (Å²) in [5.74, 6) is 1.05. The number of rotatable bonds is 11. The molecule has 156 valence electrons. The minimum absolute atomic E-state index is 0.259. The van der Waals surface area contributed by atoms with Crippen LogP contribution in [0.1, 0.15) is 30.4 Å². The van der Waals surface area contributed by atoms with Crippen LogP contribution >= 0.6 is 0 Å². The Labute approximate surface area is 169 Å². The van der Waals surface area contributed by atoms with Gasteiger partial charge in [0.2, 0.25) is 5.91 Å². The van der Waals surface area contributed by atoms with Crippen LogP contribution in [0.25, 0.3) is 0 Å². The molecule has 1 saturated heterocycles. The summed E-state index contributed by atoms with van der Waals surface area (Å²) < 4.78 is 5.09. The fourth-order valence-corrected chi connectivity index (χ4v) is 3.32. The summed E-state index contributed by atoms with van der Waals surface area (Å²) in [6.45, 7) is 5.82. The van der Waals surface area contributed by atoms with E-state index in [2.05, 4.69) is 39.7 Å². The van der Waals surface area contributed by atoms with Crippen molar-refractivity contribution in [2.45, 2.75) is 32.4 Å². The van der Waals surface area contributed by atoms with Crippen molar-refractivity contribution in [1.29, 1.82) is 0 Å². The maximum absolute atomic E-state index is 11.9. The Morgan fingerprint density at radius 2 is 2.04 bits per heavy atom. The van der Waals surface area contributed by atoms with E-state index < -0.39 is 0 Å². The first-order chi connectivity index (χ1) is 13.6. The van der Waals surface area contributed by atoms with Crippen LogP contribution < -0.4 is 10.6 Å². The summed E-state index contributed by atoms with van der Waals surface area (Å²) in [7, 11) is 5.63. The summed E-state index contributed by atoms with van der Waals surface area (Å²) in [5, 5.41) is 6.75. The summed E-state index contributed by atoms with van der Waals surface area (Å²) in [5.41, 5.74) is 2.39. The Kier molecular flexibility index (Phi) is 9.79. The number of aliphatic imine (C=N–C) groups is 1. The normalized spacial score (nSPS) is 14.8. The highest BCUT2D eigenvalue weighted by Crippen LogP contribution is 2.17. The first-order valence-corrected chi connectivity index (χ1v) is 10.1. The van der Waals surface area contributed by atoms with Crippen LogP contribution in [0.3, 0.4) is 0 Å². The summed E-state index contributed by atoms with van der Waals surface area (Å²) >= 11 is 0. The van der Waals surface area contributed by atoms with Gasteiger partial charge in [0, 0.05) is 66.5 Å². The van der Waals surface area contributed by atoms with E-state index >= 15 is 0 Å². The second-order valence-corrected chi connectivity index (χ2v) is 7.19. The van der Waals surface area contributed by atoms with Gasteiger partial charge in [0.25, 0.3) is 0 Å². The molecule has 7 heteroatoms. The maximum Gasteiger partial charge on any atom is 0.222 e. The molecule has 7 nitrogen and oxygen atoms in total. The van der Waals surface area contributed by atoms with E-state index in [9.17, 15) is 4.79 Å². The third-order valence-electron chi connectivity index (χ3n) is 5.00. The van der Waals surface area contributed by atoms with Crippen LogP contribution in [0, 0.1) is 0 Å². The molecule has 0 spiro atoms. The second-order valence-electron chi connectivity index (χ2n) is 7.19. The van der Waals surface area contributed by atoms with Gasteiger partial charge in [-0.15, -0.1) is 0 Å². The van der Waals surface area contributed by atoms with Gasteiger partial charge in [-0.25, -0.2) is 0 Å². The van der Waals surface area contributed by atoms with E-state index in [-0.39, 0.29) is 5.91 Å². The van der Waals surface area contributed by atoms with Gasteiger partial charge in [-0.2, -0.15) is 0 Å². The lowest BCUT2D eigenvalue weighted by Gasteiger charge is -2.20. The monoisotopic (exact) mass is 389 g/mol. The van der Waals surface area contributed by atoms with E-state index in [1.807, 2.05) is 17.0 Å². The molecular weight excluding hydrogens is 354 g/mol. The Bertz CT molecular complexity index is 635. The van der Waals surface area contributed by atoms with Crippen LogP contribution in [-0.4, -0.2) is 75.7 Å². The van der Waals surface area contributed by atoms with Crippen LogP contribution in [0.2, 0.25) is 0 Å². The zero-order chi connectivity index (χ0) is 20.2. The third kappa shape index (κ3) is 7.48. The highest BCUT2D eigenvalue weighted by atomic mass is 16.5. The van der Waals surface area contributed by atoms with E-state index in [0.29, 0.717) is 19.5 Å². The van der Waals surface area contributed by atoms with Gasteiger partial charge >= 0.3 is 0 Å². The SMILES string of the molecule is CN=C(NCCN(C)CCCOC)NCc1ccccc1CN1CCCC1=O. The van der Waals surface area contributed by atoms with E-state index in [4.69, 9.17) is 4.74 Å². The highest BCUT2D eigenvalue weighted by Gasteiger charge is 2.20. The van der Waals surface area contributed by atoms with Gasteiger partial charge in [-0.3, -0.25) is 9.79 Å². The molecule has 2 N–H and O–H groups in total. The lowest BCUT2D eigenvalue weighted by Crippen LogP contribution is -2.41. The number of nitrogens with zero attached hydrogens (tertiary/aromatic N) is 3. The molecule has 1 fully saturated rings. The molecule has 1 heterocycles. The Balaban J connectivity index is 1.77. The largest absolute Gasteiger partial charge is 0.385 e. The molecule has 0 aliphatic carbocycles. The fraction of sp³-hybridized carbons (Fsp3) is 0.619. The number of amides is 1. The van der Waals surface area contributed by atoms with Crippen LogP contribution in [0.4, 0.5) is 0 Å². The Morgan fingerprint density at radius 1 is 1.25 bits per heavy atom. The molecule has 0 unspecified atom stereocenters. The number of likely N-dealkylation sites (N-methyl/N-ethyl adjacent to an activating group) is 1. The van der Waals surface area contributed by atoms with Crippen LogP contribution in [0.15, 0.2) is 29.3 Å². The van der Waals surface area contributed by atoms with Crippen molar-refractivity contribution in [2.75, 3.05) is 54.0 Å². The predicted molar refractivity (Wildman–Crippen MR) is 113 cm³/mol. The summed E-state index contributed by atoms with van der Waals surface area (Å²) in [6.07, 6.45) is 2.68. The standard InChI is InChI=1S/C21H35N5O2/c1-22-21(23-11-14-25(2)12-7-15-28-3)24-16-18-8-4-5-9-19(18)17-26-13-6-10-20(26)27/h4-5,8-9H,6-7,10-17H2,1-3H3,(H2,22,23,24). The van der Waals surface area contributed by atoms with Crippen LogP contribution in [-0.2, 0) is 22.6 Å². The van der Waals surface area contributed by atoms with E-state index in [1.54, 1.807) is 14.2 Å². The van der Waals surface area contributed by atoms with Crippen molar-refractivity contribution in [3.05, 3.63) is 35.4 Å². The van der Waals surface area contributed by atoms with E-state index in [0.717, 1.165) is 51.6 Å². The molecule has 1 aromatic rings. The summed E-state index contributed by atoms with van der Waals surface area (Å²) in [6, 6.07) is 8.29. The van der Waals surface area contributed by atoms with Gasteiger partial charge in [-0.1, -0.05) is 24.3 Å². The number of methoxy groups -OCH3 is 1. The van der Waals surface area contributed by atoms with Gasteiger partial charge in [0.15, 0.2) is 5.96 Å². The maximum atomic E-state index is 11.9. The fourth-order valence-electron chi connectivity index (χ4n) is 3.32. The lowest BCUT2D eigenvalue weighted by atomic mass is 10.1. The number of ether oxygens (including phenoxy) is 1. The molecule has 0 bridgehead atoms. The van der Waals surface area contributed by atoms with Gasteiger partial charge in [-0.05, 0) is 31.0 Å². The second kappa shape index (κ2) is 12.4. The van der Waals surface area contributed by atoms with Gasteiger partial charge in [0.05, 0.1) is 0 Å². The number of guanidine groups is 1. The number of likely N-dealkylation sites (tertiary alicyclic amines) is 1. The number of benzene rings is 1. The molecule has 1 aliphatic heterocycles. The molecule has 1 aliphatic rings. The quantitative estimate of drug-likeness (QED) is 0.341. The smallest absolute Gasteiger partial charge is 0.222 e. The van der Waals surface area contributed by atoms with Crippen molar-refractivity contribution >= 4 is 11.9 Å². The molecule has 0 atom stereocenters. The van der Waals surface area contributed by atoms with Crippen molar-refractivity contribution in [1.82, 2.24) is 20.4 Å². The Morgan fingerprint density at radius 3 is 2.71 bits per heavy atom. The predicted octanol–water partition coefficient (Wildman–Crippen LogP) is 1.44. The lowest BCUT2D eigenvalue weighted by molar-refractivity contribution is -0.128. The van der Waals surface area contributed by atoms with Gasteiger partial charge < -0.3 is 25.2 Å². The van der Waals surface area contributed by atoms with Crippen molar-refractivity contribution < 1.29 is 9.53 Å². The zero-order valence-corrected chi connectivity index (χ0v) is 17.5. The molecule has 0 saturated carbocycles. The molecule has 1 amide bonds. The van der Waals surface area contributed by atoms with Gasteiger partial charge in [0.1, 0.15) is 0 Å². The summed E-state index contributed by atoms with van der Waals surface area (Å²) in [4.78, 5) is 20.5. The number of carbonyl (C=O) groups excluding carboxylic acids is 1. The topological polar surface area (TPSA) is 69.2 Å². The number of nitrogens with one attached hydrogen (secondary N) is 2. The third-order valence-corrected chi connectivity index (χ3v) is 5.00. The molecule has 0 aromatic heterocycles. The minimum Gasteiger partial charge on any atom is -0.385 e. The van der Waals surface area contributed by atoms with E-state index in [1.165, 1.54) is 11.1 Å². The number of hydrogen-bond donors (Lipinski definition) is 2. The molecule has 0 radical (unpaired) electrons. The van der Waals surface area contributed by atoms with Crippen molar-refractivity contribution in [3.63, 3.8) is 0 Å². The molecule has 1 aromatic carbocycles. The molecule has 2 rings (SSSR count). The molecular formula is C21H35N5O2. The average Bonchev–Trinajstić information content (AvgIpc) is 3.10. The minimum atomic E-state index is 0.259. The average molecular weight is 390 g/mol. The Hall–Kier alpha value is -2.12. The zero-order valence-electron chi connectivity index (χ0n) is 17.5. The van der Waals surface area contributed by atoms with Crippen molar-refractivity contribution in [2.24, 2.45) is 4.99 Å². The first-order valence-electron chi connectivity index (χ1n) is 10.1.